The van der Waals surface area contributed by atoms with Crippen LogP contribution in [0.3, 0.4) is 0 Å². The van der Waals surface area contributed by atoms with Gasteiger partial charge in [-0.2, -0.15) is 0 Å². The first-order valence-corrected chi connectivity index (χ1v) is 10.8. The summed E-state index contributed by atoms with van der Waals surface area (Å²) in [6.07, 6.45) is 3.15. The highest BCUT2D eigenvalue weighted by Crippen LogP contribution is 2.20. The molecule has 2 aromatic rings. The van der Waals surface area contributed by atoms with Gasteiger partial charge in [-0.25, -0.2) is 0 Å². The van der Waals surface area contributed by atoms with Gasteiger partial charge in [-0.1, -0.05) is 42.3 Å². The zero-order valence-corrected chi connectivity index (χ0v) is 18.5. The molecule has 154 valence electrons. The number of hydrogen-bond acceptors (Lipinski definition) is 3. The number of anilines is 1. The number of aryl methyl sites for hydroxylation is 1. The second-order valence-electron chi connectivity index (χ2n) is 7.32. The minimum atomic E-state index is -0.316. The molecule has 0 aromatic heterocycles. The molecule has 0 aliphatic rings. The molecule has 0 spiro atoms. The Hall–Kier alpha value is -1.26. The van der Waals surface area contributed by atoms with Gasteiger partial charge in [-0.3, -0.25) is 0 Å². The third kappa shape index (κ3) is 8.40. The third-order valence-electron chi connectivity index (χ3n) is 5.11. The minimum absolute atomic E-state index is 0.316. The molecule has 0 saturated heterocycles. The van der Waals surface area contributed by atoms with Gasteiger partial charge in [0.25, 0.3) is 0 Å². The monoisotopic (exact) mass is 422 g/mol. The first kappa shape index (κ1) is 23.0. The number of nitrogens with zero attached hydrogens (tertiary/aromatic N) is 2. The van der Waals surface area contributed by atoms with Gasteiger partial charge in [0.05, 0.1) is 6.10 Å². The van der Waals surface area contributed by atoms with E-state index in [4.69, 9.17) is 23.2 Å². The lowest BCUT2D eigenvalue weighted by Crippen LogP contribution is -2.31. The van der Waals surface area contributed by atoms with E-state index < -0.39 is 0 Å². The normalized spacial score (nSPS) is 12.4. The van der Waals surface area contributed by atoms with Gasteiger partial charge in [-0.15, -0.1) is 0 Å². The molecule has 1 unspecified atom stereocenters. The summed E-state index contributed by atoms with van der Waals surface area (Å²) in [5, 5.41) is 12.0. The van der Waals surface area contributed by atoms with Crippen LogP contribution in [-0.4, -0.2) is 49.3 Å². The van der Waals surface area contributed by atoms with Crippen LogP contribution in [0.5, 0.6) is 0 Å². The smallest absolute Gasteiger partial charge is 0.0560 e. The first-order valence-electron chi connectivity index (χ1n) is 10.1. The van der Waals surface area contributed by atoms with Crippen LogP contribution in [0, 0.1) is 0 Å². The summed E-state index contributed by atoms with van der Waals surface area (Å²) in [4.78, 5) is 4.67. The lowest BCUT2D eigenvalue weighted by atomic mass is 10.0. The van der Waals surface area contributed by atoms with E-state index in [1.165, 1.54) is 5.56 Å². The molecular weight excluding hydrogens is 391 g/mol. The van der Waals surface area contributed by atoms with E-state index >= 15 is 0 Å². The molecule has 2 aromatic carbocycles. The van der Waals surface area contributed by atoms with Crippen molar-refractivity contribution in [3.8, 4) is 0 Å². The molecule has 0 amide bonds. The molecule has 0 heterocycles. The number of hydrogen-bond donors (Lipinski definition) is 1. The van der Waals surface area contributed by atoms with Crippen molar-refractivity contribution < 1.29 is 5.11 Å². The van der Waals surface area contributed by atoms with Crippen molar-refractivity contribution in [3.63, 3.8) is 0 Å². The van der Waals surface area contributed by atoms with Gasteiger partial charge < -0.3 is 14.9 Å². The summed E-state index contributed by atoms with van der Waals surface area (Å²) in [5.41, 5.74) is 2.37. The van der Waals surface area contributed by atoms with Crippen LogP contribution in [0.4, 0.5) is 5.69 Å². The minimum Gasteiger partial charge on any atom is -0.393 e. The maximum Gasteiger partial charge on any atom is 0.0560 e. The first-order chi connectivity index (χ1) is 13.5. The maximum atomic E-state index is 10.5. The van der Waals surface area contributed by atoms with Gasteiger partial charge in [0.1, 0.15) is 0 Å². The summed E-state index contributed by atoms with van der Waals surface area (Å²) >= 11 is 12.0. The Bertz CT molecular complexity index is 676. The second-order valence-corrected chi connectivity index (χ2v) is 8.19. The summed E-state index contributed by atoms with van der Waals surface area (Å²) < 4.78 is 0. The van der Waals surface area contributed by atoms with Crippen LogP contribution in [0.2, 0.25) is 10.0 Å². The molecular formula is C23H32Cl2N2O. The quantitative estimate of drug-likeness (QED) is 0.487. The van der Waals surface area contributed by atoms with Crippen LogP contribution < -0.4 is 4.90 Å². The largest absolute Gasteiger partial charge is 0.393 e. The number of rotatable bonds is 12. The average molecular weight is 423 g/mol. The number of aliphatic hydroxyl groups is 1. The van der Waals surface area contributed by atoms with Crippen LogP contribution in [0.15, 0.2) is 48.5 Å². The topological polar surface area (TPSA) is 26.7 Å². The summed E-state index contributed by atoms with van der Waals surface area (Å²) in [6, 6.07) is 15.8. The summed E-state index contributed by atoms with van der Waals surface area (Å²) in [5.74, 6) is 0. The Balaban J connectivity index is 1.85. The van der Waals surface area contributed by atoms with Gasteiger partial charge in [0, 0.05) is 28.8 Å². The molecule has 0 aliphatic heterocycles. The van der Waals surface area contributed by atoms with E-state index in [0.717, 1.165) is 67.6 Å². The lowest BCUT2D eigenvalue weighted by molar-refractivity contribution is 0.156. The van der Waals surface area contributed by atoms with Gasteiger partial charge in [0.2, 0.25) is 0 Å². The molecule has 28 heavy (non-hydrogen) atoms. The number of benzene rings is 2. The van der Waals surface area contributed by atoms with Gasteiger partial charge in [0.15, 0.2) is 0 Å². The van der Waals surface area contributed by atoms with Crippen molar-refractivity contribution in [2.75, 3.05) is 38.1 Å². The van der Waals surface area contributed by atoms with Gasteiger partial charge in [-0.05, 0) is 87.8 Å². The fourth-order valence-electron chi connectivity index (χ4n) is 3.15. The highest BCUT2D eigenvalue weighted by Gasteiger charge is 2.11. The zero-order valence-electron chi connectivity index (χ0n) is 17.0. The van der Waals surface area contributed by atoms with Crippen molar-refractivity contribution in [1.29, 1.82) is 0 Å². The highest BCUT2D eigenvalue weighted by atomic mass is 35.5. The van der Waals surface area contributed by atoms with E-state index in [1.54, 1.807) is 0 Å². The maximum absolute atomic E-state index is 10.5. The van der Waals surface area contributed by atoms with Crippen molar-refractivity contribution in [2.45, 2.75) is 38.7 Å². The lowest BCUT2D eigenvalue weighted by Gasteiger charge is -2.27. The van der Waals surface area contributed by atoms with Gasteiger partial charge >= 0.3 is 0 Å². The molecule has 0 saturated carbocycles. The van der Waals surface area contributed by atoms with E-state index in [-0.39, 0.29) is 6.10 Å². The zero-order chi connectivity index (χ0) is 20.4. The van der Waals surface area contributed by atoms with E-state index in [9.17, 15) is 5.11 Å². The van der Waals surface area contributed by atoms with Crippen LogP contribution >= 0.6 is 23.2 Å². The Kier molecular flexibility index (Phi) is 10.1. The molecule has 1 N–H and O–H groups in total. The molecule has 2 rings (SSSR count). The van der Waals surface area contributed by atoms with Crippen LogP contribution in [-0.2, 0) is 6.42 Å². The highest BCUT2D eigenvalue weighted by molar-refractivity contribution is 6.30. The average Bonchev–Trinajstić information content (AvgIpc) is 2.70. The number of halogens is 2. The number of aliphatic hydroxyl groups excluding tert-OH is 1. The predicted molar refractivity (Wildman–Crippen MR) is 122 cm³/mol. The van der Waals surface area contributed by atoms with Crippen LogP contribution in [0.25, 0.3) is 0 Å². The van der Waals surface area contributed by atoms with E-state index in [0.29, 0.717) is 0 Å². The van der Waals surface area contributed by atoms with E-state index in [1.807, 2.05) is 36.4 Å². The van der Waals surface area contributed by atoms with E-state index in [2.05, 4.69) is 35.9 Å². The molecule has 5 heteroatoms. The Morgan fingerprint density at radius 1 is 0.857 bits per heavy atom. The van der Waals surface area contributed by atoms with Crippen molar-refractivity contribution in [2.24, 2.45) is 0 Å². The Morgan fingerprint density at radius 2 is 1.46 bits per heavy atom. The predicted octanol–water partition coefficient (Wildman–Crippen LogP) is 5.53. The summed E-state index contributed by atoms with van der Waals surface area (Å²) in [7, 11) is 2.15. The summed E-state index contributed by atoms with van der Waals surface area (Å²) in [6.45, 7) is 6.10. The molecule has 0 aliphatic carbocycles. The second kappa shape index (κ2) is 12.3. The third-order valence-corrected chi connectivity index (χ3v) is 5.62. The fraction of sp³-hybridized carbons (Fsp3) is 0.478. The molecule has 0 fully saturated rings. The molecule has 3 nitrogen and oxygen atoms in total. The van der Waals surface area contributed by atoms with Crippen molar-refractivity contribution >= 4 is 28.9 Å². The SMILES string of the molecule is CCN(C)CCCN(CCC(O)CCc1ccc(Cl)cc1)c1ccc(Cl)cc1. The Labute approximate surface area is 179 Å². The Morgan fingerprint density at radius 3 is 2.07 bits per heavy atom. The van der Waals surface area contributed by atoms with Crippen molar-refractivity contribution in [1.82, 2.24) is 4.90 Å². The van der Waals surface area contributed by atoms with Crippen molar-refractivity contribution in [3.05, 3.63) is 64.1 Å². The fourth-order valence-corrected chi connectivity index (χ4v) is 3.40. The molecule has 1 atom stereocenters. The molecule has 0 bridgehead atoms. The van der Waals surface area contributed by atoms with Crippen LogP contribution in [0.1, 0.15) is 31.7 Å². The molecule has 0 radical (unpaired) electrons. The standard InChI is InChI=1S/C23H32Cl2N2O/c1-3-26(2)16-4-17-27(22-12-10-21(25)11-13-22)18-15-23(28)14-7-19-5-8-20(24)9-6-19/h5-6,8-13,23,28H,3-4,7,14-18H2,1-2H3.